The molecule has 4 unspecified atom stereocenters. The number of hydrogen-bond donors (Lipinski definition) is 2. The zero-order valence-electron chi connectivity index (χ0n) is 12.4. The van der Waals surface area contributed by atoms with Crippen LogP contribution in [0.1, 0.15) is 37.4 Å². The van der Waals surface area contributed by atoms with Gasteiger partial charge in [0.15, 0.2) is 0 Å². The summed E-state index contributed by atoms with van der Waals surface area (Å²) in [6.45, 7) is 0.277. The summed E-state index contributed by atoms with van der Waals surface area (Å²) in [7, 11) is 1.61. The highest BCUT2D eigenvalue weighted by Crippen LogP contribution is 2.48. The fourth-order valence-corrected chi connectivity index (χ4v) is 3.84. The summed E-state index contributed by atoms with van der Waals surface area (Å²) in [4.78, 5) is 12.2. The van der Waals surface area contributed by atoms with Crippen molar-refractivity contribution in [3.8, 4) is 5.75 Å². The summed E-state index contributed by atoms with van der Waals surface area (Å²) in [6.07, 6.45) is 4.08. The first kappa shape index (κ1) is 14.4. The Balaban J connectivity index is 1.50. The van der Waals surface area contributed by atoms with E-state index in [-0.39, 0.29) is 18.4 Å². The monoisotopic (exact) mass is 289 g/mol. The number of fused-ring (bicyclic) bond motifs is 2. The molecular weight excluding hydrogens is 266 g/mol. The number of amides is 1. The molecule has 2 aliphatic rings. The highest BCUT2D eigenvalue weighted by Gasteiger charge is 2.42. The van der Waals surface area contributed by atoms with Gasteiger partial charge in [0.2, 0.25) is 5.91 Å². The number of carbonyl (C=O) groups is 1. The molecule has 2 bridgehead atoms. The molecule has 0 aromatic heterocycles. The fourth-order valence-electron chi connectivity index (χ4n) is 3.84. The minimum Gasteiger partial charge on any atom is -0.497 e. The number of methoxy groups -OCH3 is 1. The topological polar surface area (TPSA) is 58.6 Å². The Kier molecular flexibility index (Phi) is 4.15. The predicted octanol–water partition coefficient (Wildman–Crippen LogP) is 2.28. The summed E-state index contributed by atoms with van der Waals surface area (Å²) in [5.41, 5.74) is 0.795. The minimum atomic E-state index is -0.668. The van der Waals surface area contributed by atoms with Crippen LogP contribution >= 0.6 is 0 Å². The zero-order chi connectivity index (χ0) is 14.8. The molecular formula is C17H23NO3. The molecule has 1 aromatic carbocycles. The maximum atomic E-state index is 12.2. The van der Waals surface area contributed by atoms with E-state index in [1.807, 2.05) is 24.3 Å². The number of benzene rings is 1. The average Bonchev–Trinajstić information content (AvgIpc) is 3.15. The lowest BCUT2D eigenvalue weighted by atomic mass is 9.88. The molecule has 1 aromatic rings. The van der Waals surface area contributed by atoms with Crippen LogP contribution in [-0.2, 0) is 4.79 Å². The first-order valence-corrected chi connectivity index (χ1v) is 7.77. The van der Waals surface area contributed by atoms with Gasteiger partial charge in [0.25, 0.3) is 0 Å². The molecule has 0 radical (unpaired) electrons. The van der Waals surface area contributed by atoms with Gasteiger partial charge < -0.3 is 15.2 Å². The molecule has 4 atom stereocenters. The standard InChI is InChI=1S/C17H23NO3/c1-21-14-6-4-12(5-7-14)16(19)10-18-17(20)15-9-11-2-3-13(15)8-11/h4-7,11,13,15-16,19H,2-3,8-10H2,1H3,(H,18,20). The second-order valence-electron chi connectivity index (χ2n) is 6.32. The van der Waals surface area contributed by atoms with Crippen molar-refractivity contribution in [2.24, 2.45) is 17.8 Å². The van der Waals surface area contributed by atoms with Crippen LogP contribution in [0.5, 0.6) is 5.75 Å². The quantitative estimate of drug-likeness (QED) is 0.874. The van der Waals surface area contributed by atoms with Gasteiger partial charge in [-0.3, -0.25) is 4.79 Å². The molecule has 2 fully saturated rings. The van der Waals surface area contributed by atoms with E-state index >= 15 is 0 Å². The highest BCUT2D eigenvalue weighted by molar-refractivity contribution is 5.79. The summed E-state index contributed by atoms with van der Waals surface area (Å²) in [5.74, 6) is 2.39. The van der Waals surface area contributed by atoms with Crippen LogP contribution in [0, 0.1) is 17.8 Å². The van der Waals surface area contributed by atoms with Gasteiger partial charge in [-0.1, -0.05) is 18.6 Å². The van der Waals surface area contributed by atoms with Crippen molar-refractivity contribution in [1.82, 2.24) is 5.32 Å². The number of ether oxygens (including phenoxy) is 1. The summed E-state index contributed by atoms with van der Waals surface area (Å²) in [5, 5.41) is 13.1. The second-order valence-corrected chi connectivity index (χ2v) is 6.32. The first-order chi connectivity index (χ1) is 10.2. The SMILES string of the molecule is COc1ccc(C(O)CNC(=O)C2CC3CCC2C3)cc1. The molecule has 0 saturated heterocycles. The maximum absolute atomic E-state index is 12.2. The van der Waals surface area contributed by atoms with E-state index in [2.05, 4.69) is 5.32 Å². The Labute approximate surface area is 125 Å². The third kappa shape index (κ3) is 3.05. The summed E-state index contributed by atoms with van der Waals surface area (Å²) >= 11 is 0. The number of aliphatic hydroxyl groups excluding tert-OH is 1. The van der Waals surface area contributed by atoms with Gasteiger partial charge in [-0.15, -0.1) is 0 Å². The Bertz CT molecular complexity index is 499. The fraction of sp³-hybridized carbons (Fsp3) is 0.588. The average molecular weight is 289 g/mol. The second kappa shape index (κ2) is 6.06. The first-order valence-electron chi connectivity index (χ1n) is 7.77. The van der Waals surface area contributed by atoms with E-state index in [0.717, 1.165) is 23.7 Å². The molecule has 1 amide bonds. The number of nitrogens with one attached hydrogen (secondary N) is 1. The molecule has 0 spiro atoms. The van der Waals surface area contributed by atoms with Crippen molar-refractivity contribution >= 4 is 5.91 Å². The van der Waals surface area contributed by atoms with Crippen LogP contribution in [0.25, 0.3) is 0 Å². The Morgan fingerprint density at radius 1 is 1.33 bits per heavy atom. The molecule has 114 valence electrons. The Hall–Kier alpha value is -1.55. The van der Waals surface area contributed by atoms with Crippen molar-refractivity contribution in [1.29, 1.82) is 0 Å². The molecule has 2 saturated carbocycles. The number of carbonyl (C=O) groups excluding carboxylic acids is 1. The van der Waals surface area contributed by atoms with Gasteiger partial charge in [0.1, 0.15) is 5.75 Å². The van der Waals surface area contributed by atoms with E-state index in [9.17, 15) is 9.90 Å². The lowest BCUT2D eigenvalue weighted by Crippen LogP contribution is -2.36. The lowest BCUT2D eigenvalue weighted by molar-refractivity contribution is -0.127. The molecule has 4 heteroatoms. The van der Waals surface area contributed by atoms with Crippen molar-refractivity contribution in [2.45, 2.75) is 31.8 Å². The van der Waals surface area contributed by atoms with Crippen molar-refractivity contribution in [2.75, 3.05) is 13.7 Å². The minimum absolute atomic E-state index is 0.120. The Morgan fingerprint density at radius 2 is 2.10 bits per heavy atom. The maximum Gasteiger partial charge on any atom is 0.223 e. The third-order valence-electron chi connectivity index (χ3n) is 5.05. The van der Waals surface area contributed by atoms with E-state index < -0.39 is 6.10 Å². The van der Waals surface area contributed by atoms with Crippen molar-refractivity contribution in [3.63, 3.8) is 0 Å². The van der Waals surface area contributed by atoms with Gasteiger partial charge in [0, 0.05) is 12.5 Å². The largest absolute Gasteiger partial charge is 0.497 e. The summed E-state index contributed by atoms with van der Waals surface area (Å²) in [6, 6.07) is 7.28. The molecule has 3 rings (SSSR count). The highest BCUT2D eigenvalue weighted by atomic mass is 16.5. The molecule has 2 N–H and O–H groups in total. The summed E-state index contributed by atoms with van der Waals surface area (Å²) < 4.78 is 5.09. The van der Waals surface area contributed by atoms with Gasteiger partial charge >= 0.3 is 0 Å². The molecule has 0 heterocycles. The molecule has 21 heavy (non-hydrogen) atoms. The number of rotatable bonds is 5. The van der Waals surface area contributed by atoms with Crippen LogP contribution in [0.4, 0.5) is 0 Å². The number of hydrogen-bond acceptors (Lipinski definition) is 3. The van der Waals surface area contributed by atoms with E-state index in [1.165, 1.54) is 19.3 Å². The zero-order valence-corrected chi connectivity index (χ0v) is 12.4. The van der Waals surface area contributed by atoms with Gasteiger partial charge in [-0.05, 0) is 48.8 Å². The van der Waals surface area contributed by atoms with Crippen LogP contribution in [0.2, 0.25) is 0 Å². The van der Waals surface area contributed by atoms with Crippen LogP contribution < -0.4 is 10.1 Å². The molecule has 0 aliphatic heterocycles. The molecule has 2 aliphatic carbocycles. The van der Waals surface area contributed by atoms with Gasteiger partial charge in [0.05, 0.1) is 13.2 Å². The van der Waals surface area contributed by atoms with Crippen LogP contribution in [0.3, 0.4) is 0 Å². The van der Waals surface area contributed by atoms with E-state index in [1.54, 1.807) is 7.11 Å². The third-order valence-corrected chi connectivity index (χ3v) is 5.05. The predicted molar refractivity (Wildman–Crippen MR) is 79.9 cm³/mol. The van der Waals surface area contributed by atoms with Crippen LogP contribution in [0.15, 0.2) is 24.3 Å². The van der Waals surface area contributed by atoms with Gasteiger partial charge in [-0.2, -0.15) is 0 Å². The Morgan fingerprint density at radius 3 is 2.67 bits per heavy atom. The smallest absolute Gasteiger partial charge is 0.223 e. The van der Waals surface area contributed by atoms with E-state index in [0.29, 0.717) is 5.92 Å². The van der Waals surface area contributed by atoms with Crippen LogP contribution in [-0.4, -0.2) is 24.7 Å². The lowest BCUT2D eigenvalue weighted by Gasteiger charge is -2.21. The van der Waals surface area contributed by atoms with Crippen molar-refractivity contribution < 1.29 is 14.6 Å². The normalized spacial score (nSPS) is 28.4. The van der Waals surface area contributed by atoms with E-state index in [4.69, 9.17) is 4.74 Å². The molecule has 4 nitrogen and oxygen atoms in total. The number of aliphatic hydroxyl groups is 1. The van der Waals surface area contributed by atoms with Crippen molar-refractivity contribution in [3.05, 3.63) is 29.8 Å². The van der Waals surface area contributed by atoms with Gasteiger partial charge in [-0.25, -0.2) is 0 Å².